The van der Waals surface area contributed by atoms with Gasteiger partial charge in [0, 0.05) is 0 Å². The summed E-state index contributed by atoms with van der Waals surface area (Å²) in [5.74, 6) is 0. The average Bonchev–Trinajstić information content (AvgIpc) is 2.25. The number of hydrogen-bond donors (Lipinski definition) is 1. The quantitative estimate of drug-likeness (QED) is 0.792. The summed E-state index contributed by atoms with van der Waals surface area (Å²) in [6, 6.07) is 6.53. The summed E-state index contributed by atoms with van der Waals surface area (Å²) in [7, 11) is 0. The van der Waals surface area contributed by atoms with Crippen molar-refractivity contribution in [3.63, 3.8) is 0 Å². The fourth-order valence-electron chi connectivity index (χ4n) is 1.71. The van der Waals surface area contributed by atoms with E-state index in [2.05, 4.69) is 5.32 Å². The molecule has 1 aromatic rings. The highest BCUT2D eigenvalue weighted by atomic mass is 19.3. The molecule has 1 unspecified atom stereocenters. The highest BCUT2D eigenvalue weighted by Gasteiger charge is 2.22. The molecule has 1 atom stereocenters. The van der Waals surface area contributed by atoms with Crippen molar-refractivity contribution in [3.05, 3.63) is 35.4 Å². The highest BCUT2D eigenvalue weighted by molar-refractivity contribution is 5.30. The molecule has 0 saturated heterocycles. The zero-order valence-corrected chi connectivity index (χ0v) is 9.13. The molecule has 0 heterocycles. The second kappa shape index (κ2) is 5.81. The Labute approximate surface area is 89.5 Å². The molecule has 0 aromatic heterocycles. The summed E-state index contributed by atoms with van der Waals surface area (Å²) < 4.78 is 25.7. The first-order valence-corrected chi connectivity index (χ1v) is 5.30. The van der Waals surface area contributed by atoms with Gasteiger partial charge >= 0.3 is 0 Å². The van der Waals surface area contributed by atoms with Crippen LogP contribution in [0.25, 0.3) is 0 Å². The van der Waals surface area contributed by atoms with Crippen molar-refractivity contribution < 1.29 is 8.78 Å². The number of benzene rings is 1. The van der Waals surface area contributed by atoms with E-state index in [4.69, 9.17) is 0 Å². The lowest BCUT2D eigenvalue weighted by Gasteiger charge is -2.20. The van der Waals surface area contributed by atoms with Crippen LogP contribution in [0.3, 0.4) is 0 Å². The van der Waals surface area contributed by atoms with Crippen molar-refractivity contribution in [1.29, 1.82) is 0 Å². The Bertz CT molecular complexity index is 299. The molecule has 1 N–H and O–H groups in total. The minimum Gasteiger partial charge on any atom is -0.305 e. The molecule has 3 heteroatoms. The first-order valence-electron chi connectivity index (χ1n) is 5.30. The van der Waals surface area contributed by atoms with E-state index in [1.807, 2.05) is 26.0 Å². The number of halogens is 2. The lowest BCUT2D eigenvalue weighted by atomic mass is 9.99. The molecule has 1 rings (SSSR count). The maximum absolute atomic E-state index is 12.8. The van der Waals surface area contributed by atoms with Gasteiger partial charge in [0.1, 0.15) is 0 Å². The SMILES string of the molecule is CCNC(c1ccccc1CC)C(F)F. The van der Waals surface area contributed by atoms with Crippen LogP contribution in [0.1, 0.15) is 31.0 Å². The smallest absolute Gasteiger partial charge is 0.257 e. The zero-order chi connectivity index (χ0) is 11.3. The van der Waals surface area contributed by atoms with Gasteiger partial charge in [-0.1, -0.05) is 38.1 Å². The van der Waals surface area contributed by atoms with E-state index in [0.717, 1.165) is 17.5 Å². The molecule has 0 aliphatic rings. The Morgan fingerprint density at radius 2 is 1.87 bits per heavy atom. The molecule has 0 aliphatic heterocycles. The van der Waals surface area contributed by atoms with E-state index in [1.54, 1.807) is 12.1 Å². The molecule has 0 bridgehead atoms. The molecule has 0 spiro atoms. The lowest BCUT2D eigenvalue weighted by molar-refractivity contribution is 0.0989. The second-order valence-electron chi connectivity index (χ2n) is 3.42. The van der Waals surface area contributed by atoms with E-state index in [9.17, 15) is 8.78 Å². The van der Waals surface area contributed by atoms with Crippen LogP contribution in [0.5, 0.6) is 0 Å². The second-order valence-corrected chi connectivity index (χ2v) is 3.42. The van der Waals surface area contributed by atoms with Crippen molar-refractivity contribution in [1.82, 2.24) is 5.32 Å². The van der Waals surface area contributed by atoms with Crippen LogP contribution in [0.2, 0.25) is 0 Å². The summed E-state index contributed by atoms with van der Waals surface area (Å²) in [4.78, 5) is 0. The molecular formula is C12H17F2N. The number of aryl methyl sites for hydroxylation is 1. The van der Waals surface area contributed by atoms with Crippen LogP contribution in [-0.4, -0.2) is 13.0 Å². The van der Waals surface area contributed by atoms with Crippen LogP contribution < -0.4 is 5.32 Å². The number of alkyl halides is 2. The topological polar surface area (TPSA) is 12.0 Å². The van der Waals surface area contributed by atoms with Crippen molar-refractivity contribution in [2.45, 2.75) is 32.7 Å². The minimum atomic E-state index is -2.36. The van der Waals surface area contributed by atoms with Crippen LogP contribution in [0.15, 0.2) is 24.3 Å². The van der Waals surface area contributed by atoms with Gasteiger partial charge in [0.05, 0.1) is 6.04 Å². The third-order valence-electron chi connectivity index (χ3n) is 2.45. The van der Waals surface area contributed by atoms with Crippen molar-refractivity contribution in [2.75, 3.05) is 6.54 Å². The van der Waals surface area contributed by atoms with E-state index in [1.165, 1.54) is 0 Å². The predicted molar refractivity (Wildman–Crippen MR) is 58.2 cm³/mol. The fourth-order valence-corrected chi connectivity index (χ4v) is 1.71. The highest BCUT2D eigenvalue weighted by Crippen LogP contribution is 2.24. The maximum atomic E-state index is 12.8. The van der Waals surface area contributed by atoms with Gasteiger partial charge < -0.3 is 5.32 Å². The molecule has 0 aliphatic carbocycles. The molecule has 0 amide bonds. The number of nitrogens with one attached hydrogen (secondary N) is 1. The van der Waals surface area contributed by atoms with Gasteiger partial charge in [0.25, 0.3) is 6.43 Å². The average molecular weight is 213 g/mol. The largest absolute Gasteiger partial charge is 0.305 e. The van der Waals surface area contributed by atoms with Gasteiger partial charge in [-0.05, 0) is 24.1 Å². The van der Waals surface area contributed by atoms with E-state index < -0.39 is 12.5 Å². The van der Waals surface area contributed by atoms with Crippen molar-refractivity contribution in [3.8, 4) is 0 Å². The third-order valence-corrected chi connectivity index (χ3v) is 2.45. The van der Waals surface area contributed by atoms with E-state index >= 15 is 0 Å². The molecule has 0 radical (unpaired) electrons. The Morgan fingerprint density at radius 1 is 1.20 bits per heavy atom. The van der Waals surface area contributed by atoms with Gasteiger partial charge in [0.2, 0.25) is 0 Å². The van der Waals surface area contributed by atoms with Crippen molar-refractivity contribution in [2.24, 2.45) is 0 Å². The Balaban J connectivity index is 2.98. The summed E-state index contributed by atoms with van der Waals surface area (Å²) in [6.07, 6.45) is -1.58. The molecule has 84 valence electrons. The first-order chi connectivity index (χ1) is 7.20. The van der Waals surface area contributed by atoms with Gasteiger partial charge in [-0.3, -0.25) is 0 Å². The maximum Gasteiger partial charge on any atom is 0.257 e. The molecular weight excluding hydrogens is 196 g/mol. The minimum absolute atomic E-state index is 0.549. The van der Waals surface area contributed by atoms with E-state index in [0.29, 0.717) is 6.54 Å². The Kier molecular flexibility index (Phi) is 4.69. The molecule has 1 nitrogen and oxygen atoms in total. The van der Waals surface area contributed by atoms with Crippen molar-refractivity contribution >= 4 is 0 Å². The monoisotopic (exact) mass is 213 g/mol. The summed E-state index contributed by atoms with van der Waals surface area (Å²) in [5.41, 5.74) is 1.71. The Hall–Kier alpha value is -0.960. The molecule has 0 fully saturated rings. The zero-order valence-electron chi connectivity index (χ0n) is 9.13. The standard InChI is InChI=1S/C12H17F2N/c1-3-9-7-5-6-8-10(9)11(12(13)14)15-4-2/h5-8,11-12,15H,3-4H2,1-2H3. The van der Waals surface area contributed by atoms with Gasteiger partial charge in [-0.2, -0.15) is 0 Å². The molecule has 1 aromatic carbocycles. The van der Waals surface area contributed by atoms with Crippen LogP contribution >= 0.6 is 0 Å². The Morgan fingerprint density at radius 3 is 2.40 bits per heavy atom. The lowest BCUT2D eigenvalue weighted by Crippen LogP contribution is -2.28. The normalized spacial score (nSPS) is 13.1. The predicted octanol–water partition coefficient (Wildman–Crippen LogP) is 3.16. The van der Waals surface area contributed by atoms with E-state index in [-0.39, 0.29) is 0 Å². The van der Waals surface area contributed by atoms with Crippen LogP contribution in [0.4, 0.5) is 8.78 Å². The third kappa shape index (κ3) is 2.99. The first kappa shape index (κ1) is 12.1. The fraction of sp³-hybridized carbons (Fsp3) is 0.500. The van der Waals surface area contributed by atoms with Crippen LogP contribution in [-0.2, 0) is 6.42 Å². The summed E-state index contributed by atoms with van der Waals surface area (Å²) in [6.45, 7) is 4.37. The number of rotatable bonds is 5. The van der Waals surface area contributed by atoms with Gasteiger partial charge in [0.15, 0.2) is 0 Å². The summed E-state index contributed by atoms with van der Waals surface area (Å²) in [5, 5.41) is 2.82. The van der Waals surface area contributed by atoms with Gasteiger partial charge in [-0.15, -0.1) is 0 Å². The van der Waals surface area contributed by atoms with Crippen LogP contribution in [0, 0.1) is 0 Å². The van der Waals surface area contributed by atoms with Gasteiger partial charge in [-0.25, -0.2) is 8.78 Å². The molecule has 0 saturated carbocycles. The molecule has 15 heavy (non-hydrogen) atoms. The summed E-state index contributed by atoms with van der Waals surface area (Å²) >= 11 is 0. The number of hydrogen-bond acceptors (Lipinski definition) is 1.